The highest BCUT2D eigenvalue weighted by molar-refractivity contribution is 5.86. The lowest BCUT2D eigenvalue weighted by Crippen LogP contribution is -2.62. The first-order valence-corrected chi connectivity index (χ1v) is 11.1. The van der Waals surface area contributed by atoms with Crippen molar-refractivity contribution in [2.45, 2.75) is 84.5 Å². The van der Waals surface area contributed by atoms with E-state index in [2.05, 4.69) is 5.32 Å². The molecule has 0 fully saturated rings. The van der Waals surface area contributed by atoms with Crippen LogP contribution in [0.25, 0.3) is 0 Å². The second-order valence-electron chi connectivity index (χ2n) is 8.88. The second-order valence-corrected chi connectivity index (χ2v) is 8.88. The number of alkyl carbamates (subject to hydrolysis) is 1. The van der Waals surface area contributed by atoms with Gasteiger partial charge >= 0.3 is 35.9 Å². The first-order chi connectivity index (χ1) is 17.0. The van der Waals surface area contributed by atoms with E-state index in [1.54, 1.807) is 20.8 Å². The summed E-state index contributed by atoms with van der Waals surface area (Å²) in [5.74, 6) is -4.66. The van der Waals surface area contributed by atoms with Gasteiger partial charge in [-0.05, 0) is 20.8 Å². The third-order valence-corrected chi connectivity index (χ3v) is 4.42. The van der Waals surface area contributed by atoms with Crippen molar-refractivity contribution >= 4 is 35.9 Å². The van der Waals surface area contributed by atoms with E-state index in [-0.39, 0.29) is 0 Å². The highest BCUT2D eigenvalue weighted by atomic mass is 16.6. The van der Waals surface area contributed by atoms with Crippen molar-refractivity contribution in [2.75, 3.05) is 13.7 Å². The van der Waals surface area contributed by atoms with Gasteiger partial charge in [-0.25, -0.2) is 9.59 Å². The summed E-state index contributed by atoms with van der Waals surface area (Å²) in [5, 5.41) is 2.49. The Kier molecular flexibility index (Phi) is 11.3. The molecule has 0 aromatic carbocycles. The summed E-state index contributed by atoms with van der Waals surface area (Å²) in [6.45, 7) is 8.54. The lowest BCUT2D eigenvalue weighted by atomic mass is 9.93. The van der Waals surface area contributed by atoms with Crippen molar-refractivity contribution < 1.29 is 61.9 Å². The smallest absolute Gasteiger partial charge is 0.408 e. The number of ether oxygens (including phenoxy) is 7. The predicted octanol–water partition coefficient (Wildman–Crippen LogP) is 0.694. The molecule has 0 spiro atoms. The maximum atomic E-state index is 12.7. The minimum atomic E-state index is -1.59. The third-order valence-electron chi connectivity index (χ3n) is 4.42. The normalized spacial score (nSPS) is 20.5. The molecule has 14 nitrogen and oxygen atoms in total. The number of hydrogen-bond acceptors (Lipinski definition) is 13. The number of carbonyl (C=O) groups is 6. The molecule has 14 heteroatoms. The fourth-order valence-electron chi connectivity index (χ4n) is 3.25. The summed E-state index contributed by atoms with van der Waals surface area (Å²) in [5.41, 5.74) is -0.927. The number of methoxy groups -OCH3 is 1. The Morgan fingerprint density at radius 3 is 2.00 bits per heavy atom. The molecule has 1 aliphatic rings. The molecule has 0 bridgehead atoms. The van der Waals surface area contributed by atoms with E-state index in [9.17, 15) is 28.8 Å². The van der Waals surface area contributed by atoms with Crippen molar-refractivity contribution in [3.8, 4) is 0 Å². The highest BCUT2D eigenvalue weighted by Gasteiger charge is 2.49. The molecule has 1 aliphatic heterocycles. The standard InChI is InChI=1S/C23H33NO13/c1-11(25)32-10-17(34-13(3)27)19(35-14(4)28)20-18(24-22(30)37-23(5,6)7)15(33-12(2)26)9-16(36-20)21(29)31-8/h9,15,17-20H,10H2,1-8H3,(H,24,30)/t15-,17+,18+,19-,20-/m0/s1. The van der Waals surface area contributed by atoms with E-state index >= 15 is 0 Å². The number of esters is 5. The van der Waals surface area contributed by atoms with Crippen LogP contribution >= 0.6 is 0 Å². The van der Waals surface area contributed by atoms with Gasteiger partial charge in [-0.15, -0.1) is 0 Å². The predicted molar refractivity (Wildman–Crippen MR) is 121 cm³/mol. The molecule has 37 heavy (non-hydrogen) atoms. The minimum Gasteiger partial charge on any atom is -0.477 e. The first kappa shape index (κ1) is 31.2. The second kappa shape index (κ2) is 13.5. The van der Waals surface area contributed by atoms with E-state index in [4.69, 9.17) is 33.2 Å². The molecule has 0 unspecified atom stereocenters. The number of carbonyl (C=O) groups excluding carboxylic acids is 6. The summed E-state index contributed by atoms with van der Waals surface area (Å²) in [6, 6.07) is -1.35. The Labute approximate surface area is 213 Å². The van der Waals surface area contributed by atoms with Crippen molar-refractivity contribution in [2.24, 2.45) is 0 Å². The minimum absolute atomic E-state index is 0.452. The Bertz CT molecular complexity index is 920. The van der Waals surface area contributed by atoms with Crippen LogP contribution in [0.15, 0.2) is 11.8 Å². The molecular formula is C23H33NO13. The Morgan fingerprint density at radius 2 is 1.54 bits per heavy atom. The van der Waals surface area contributed by atoms with Gasteiger partial charge in [-0.1, -0.05) is 0 Å². The Morgan fingerprint density at radius 1 is 0.946 bits per heavy atom. The fraction of sp³-hybridized carbons (Fsp3) is 0.652. The van der Waals surface area contributed by atoms with Gasteiger partial charge in [0, 0.05) is 33.8 Å². The molecule has 0 aliphatic carbocycles. The summed E-state index contributed by atoms with van der Waals surface area (Å²) < 4.78 is 36.6. The van der Waals surface area contributed by atoms with E-state index < -0.39 is 84.4 Å². The number of rotatable bonds is 9. The molecule has 1 N–H and O–H groups in total. The zero-order chi connectivity index (χ0) is 28.5. The zero-order valence-electron chi connectivity index (χ0n) is 22.0. The fourth-order valence-corrected chi connectivity index (χ4v) is 3.25. The molecular weight excluding hydrogens is 498 g/mol. The lowest BCUT2D eigenvalue weighted by molar-refractivity contribution is -0.191. The Balaban J connectivity index is 3.67. The van der Waals surface area contributed by atoms with Gasteiger partial charge in [0.15, 0.2) is 18.3 Å². The van der Waals surface area contributed by atoms with Crippen LogP contribution in [0.5, 0.6) is 0 Å². The van der Waals surface area contributed by atoms with Gasteiger partial charge in [-0.3, -0.25) is 19.2 Å². The molecule has 0 radical (unpaired) electrons. The van der Waals surface area contributed by atoms with E-state index in [0.717, 1.165) is 40.9 Å². The van der Waals surface area contributed by atoms with Crippen LogP contribution in [0.1, 0.15) is 48.5 Å². The lowest BCUT2D eigenvalue weighted by Gasteiger charge is -2.41. The van der Waals surface area contributed by atoms with Crippen molar-refractivity contribution in [1.29, 1.82) is 0 Å². The Hall–Kier alpha value is -3.84. The molecule has 5 atom stereocenters. The van der Waals surface area contributed by atoms with Crippen molar-refractivity contribution in [3.05, 3.63) is 11.8 Å². The van der Waals surface area contributed by atoms with Crippen molar-refractivity contribution in [1.82, 2.24) is 5.32 Å². The summed E-state index contributed by atoms with van der Waals surface area (Å²) in [4.78, 5) is 72.2. The molecule has 1 rings (SSSR count). The van der Waals surface area contributed by atoms with Crippen LogP contribution in [0.2, 0.25) is 0 Å². The molecule has 0 saturated carbocycles. The third kappa shape index (κ3) is 10.8. The van der Waals surface area contributed by atoms with Crippen LogP contribution in [-0.2, 0) is 57.1 Å². The van der Waals surface area contributed by atoms with Crippen LogP contribution in [-0.4, -0.2) is 85.7 Å². The van der Waals surface area contributed by atoms with Gasteiger partial charge < -0.3 is 38.5 Å². The number of amides is 1. The topological polar surface area (TPSA) is 179 Å². The van der Waals surface area contributed by atoms with Gasteiger partial charge in [-0.2, -0.15) is 0 Å². The average Bonchev–Trinajstić information content (AvgIpc) is 2.73. The van der Waals surface area contributed by atoms with Crippen molar-refractivity contribution in [3.63, 3.8) is 0 Å². The molecule has 0 aromatic heterocycles. The molecule has 208 valence electrons. The molecule has 1 amide bonds. The first-order valence-electron chi connectivity index (χ1n) is 11.1. The quantitative estimate of drug-likeness (QED) is 0.325. The van der Waals surface area contributed by atoms with Gasteiger partial charge in [0.2, 0.25) is 5.76 Å². The highest BCUT2D eigenvalue weighted by Crippen LogP contribution is 2.28. The van der Waals surface area contributed by atoms with Gasteiger partial charge in [0.05, 0.1) is 7.11 Å². The monoisotopic (exact) mass is 531 g/mol. The van der Waals surface area contributed by atoms with Crippen LogP contribution in [0.4, 0.5) is 4.79 Å². The molecule has 1 heterocycles. The molecule has 0 aromatic rings. The average molecular weight is 532 g/mol. The summed E-state index contributed by atoms with van der Waals surface area (Å²) in [6.07, 6.45) is -5.84. The van der Waals surface area contributed by atoms with E-state index in [1.165, 1.54) is 0 Å². The molecule has 0 saturated heterocycles. The van der Waals surface area contributed by atoms with E-state index in [0.29, 0.717) is 0 Å². The number of nitrogens with one attached hydrogen (secondary N) is 1. The SMILES string of the molecule is COC(=O)C1=C[C@H](OC(C)=O)[C@@H](NC(=O)OC(C)(C)C)[C@@H]([C@@H](OC(C)=O)[C@@H](COC(C)=O)OC(C)=O)O1. The summed E-state index contributed by atoms with van der Waals surface area (Å²) in [7, 11) is 1.07. The van der Waals surface area contributed by atoms with E-state index in [1.807, 2.05) is 0 Å². The summed E-state index contributed by atoms with van der Waals surface area (Å²) >= 11 is 0. The maximum Gasteiger partial charge on any atom is 0.408 e. The van der Waals surface area contributed by atoms with Crippen LogP contribution in [0.3, 0.4) is 0 Å². The van der Waals surface area contributed by atoms with Gasteiger partial charge in [0.25, 0.3) is 0 Å². The number of hydrogen-bond donors (Lipinski definition) is 1. The van der Waals surface area contributed by atoms with Gasteiger partial charge in [0.1, 0.15) is 24.4 Å². The largest absolute Gasteiger partial charge is 0.477 e. The van der Waals surface area contributed by atoms with Crippen LogP contribution in [0, 0.1) is 0 Å². The maximum absolute atomic E-state index is 12.7. The van der Waals surface area contributed by atoms with Crippen LogP contribution < -0.4 is 5.32 Å². The zero-order valence-corrected chi connectivity index (χ0v) is 22.0.